The molecule has 0 saturated heterocycles. The predicted molar refractivity (Wildman–Crippen MR) is 40.7 cm³/mol. The summed E-state index contributed by atoms with van der Waals surface area (Å²) in [7, 11) is 0. The molecule has 62 valence electrons. The Bertz CT molecular complexity index is 195. The van der Waals surface area contributed by atoms with Crippen LogP contribution in [0.1, 0.15) is 32.2 Å². The highest BCUT2D eigenvalue weighted by molar-refractivity contribution is 4.84. The van der Waals surface area contributed by atoms with E-state index in [1.807, 2.05) is 0 Å². The first kappa shape index (κ1) is 8.20. The number of nitrogens with two attached hydrogens (primary N) is 1. The Morgan fingerprint density at radius 2 is 2.36 bits per heavy atom. The van der Waals surface area contributed by atoms with Crippen LogP contribution in [0.25, 0.3) is 0 Å². The van der Waals surface area contributed by atoms with Gasteiger partial charge in [-0.1, -0.05) is 19.0 Å². The van der Waals surface area contributed by atoms with Gasteiger partial charge in [0.2, 0.25) is 5.89 Å². The van der Waals surface area contributed by atoms with Gasteiger partial charge in [0.25, 0.3) is 0 Å². The van der Waals surface area contributed by atoms with Gasteiger partial charge in [0.05, 0.1) is 6.04 Å². The Morgan fingerprint density at radius 1 is 1.64 bits per heavy atom. The van der Waals surface area contributed by atoms with Crippen LogP contribution in [0, 0.1) is 5.92 Å². The van der Waals surface area contributed by atoms with Gasteiger partial charge in [0.1, 0.15) is 0 Å². The van der Waals surface area contributed by atoms with E-state index in [1.165, 1.54) is 6.33 Å². The maximum absolute atomic E-state index is 5.74. The van der Waals surface area contributed by atoms with Crippen LogP contribution >= 0.6 is 0 Å². The van der Waals surface area contributed by atoms with E-state index in [1.54, 1.807) is 0 Å². The van der Waals surface area contributed by atoms with Crippen LogP contribution in [0.3, 0.4) is 0 Å². The highest BCUT2D eigenvalue weighted by Crippen LogP contribution is 2.15. The molecule has 0 radical (unpaired) electrons. The molecule has 4 heteroatoms. The fraction of sp³-hybridized carbons (Fsp3) is 0.714. The van der Waals surface area contributed by atoms with Crippen molar-refractivity contribution in [3.05, 3.63) is 12.2 Å². The van der Waals surface area contributed by atoms with Crippen LogP contribution in [0.5, 0.6) is 0 Å². The molecule has 1 heterocycles. The lowest BCUT2D eigenvalue weighted by Crippen LogP contribution is -2.13. The van der Waals surface area contributed by atoms with Gasteiger partial charge < -0.3 is 10.3 Å². The monoisotopic (exact) mass is 155 g/mol. The van der Waals surface area contributed by atoms with Gasteiger partial charge >= 0.3 is 0 Å². The zero-order chi connectivity index (χ0) is 8.27. The third kappa shape index (κ3) is 2.31. The van der Waals surface area contributed by atoms with E-state index >= 15 is 0 Å². The van der Waals surface area contributed by atoms with Gasteiger partial charge in [-0.15, -0.1) is 0 Å². The summed E-state index contributed by atoms with van der Waals surface area (Å²) in [6.07, 6.45) is 2.25. The fourth-order valence-electron chi connectivity index (χ4n) is 0.954. The van der Waals surface area contributed by atoms with Crippen molar-refractivity contribution in [1.82, 2.24) is 10.1 Å². The summed E-state index contributed by atoms with van der Waals surface area (Å²) < 4.78 is 4.81. The Hall–Kier alpha value is -0.900. The van der Waals surface area contributed by atoms with Crippen molar-refractivity contribution >= 4 is 0 Å². The SMILES string of the molecule is CC(C)C[C@H](N)c1ncno1. The molecule has 0 fully saturated rings. The number of nitrogens with zero attached hydrogens (tertiary/aromatic N) is 2. The van der Waals surface area contributed by atoms with Gasteiger partial charge in [0.15, 0.2) is 6.33 Å². The molecule has 4 nitrogen and oxygen atoms in total. The topological polar surface area (TPSA) is 64.9 Å². The maximum atomic E-state index is 5.74. The summed E-state index contributed by atoms with van der Waals surface area (Å²) in [6.45, 7) is 4.21. The van der Waals surface area contributed by atoms with E-state index in [-0.39, 0.29) is 6.04 Å². The number of hydrogen-bond acceptors (Lipinski definition) is 4. The van der Waals surface area contributed by atoms with E-state index in [4.69, 9.17) is 10.3 Å². The third-order valence-electron chi connectivity index (χ3n) is 1.42. The lowest BCUT2D eigenvalue weighted by atomic mass is 10.0. The smallest absolute Gasteiger partial charge is 0.243 e. The summed E-state index contributed by atoms with van der Waals surface area (Å²) >= 11 is 0. The van der Waals surface area contributed by atoms with Gasteiger partial charge in [-0.2, -0.15) is 4.98 Å². The molecule has 0 aliphatic heterocycles. The lowest BCUT2D eigenvalue weighted by molar-refractivity contribution is 0.334. The average Bonchev–Trinajstić information content (AvgIpc) is 2.35. The van der Waals surface area contributed by atoms with E-state index in [9.17, 15) is 0 Å². The van der Waals surface area contributed by atoms with Gasteiger partial charge in [-0.3, -0.25) is 0 Å². The molecule has 11 heavy (non-hydrogen) atoms. The van der Waals surface area contributed by atoms with E-state index < -0.39 is 0 Å². The van der Waals surface area contributed by atoms with Gasteiger partial charge in [0, 0.05) is 0 Å². The van der Waals surface area contributed by atoms with Crippen LogP contribution in [-0.4, -0.2) is 10.1 Å². The Kier molecular flexibility index (Phi) is 2.59. The third-order valence-corrected chi connectivity index (χ3v) is 1.42. The predicted octanol–water partition coefficient (Wildman–Crippen LogP) is 1.12. The zero-order valence-corrected chi connectivity index (χ0v) is 6.82. The summed E-state index contributed by atoms with van der Waals surface area (Å²) in [5, 5.41) is 3.48. The molecular weight excluding hydrogens is 142 g/mol. The molecule has 1 aromatic rings. The second-order valence-electron chi connectivity index (χ2n) is 3.02. The lowest BCUT2D eigenvalue weighted by Gasteiger charge is -2.08. The molecule has 0 bridgehead atoms. The van der Waals surface area contributed by atoms with Crippen LogP contribution in [0.2, 0.25) is 0 Å². The molecule has 0 aromatic carbocycles. The van der Waals surface area contributed by atoms with Crippen LogP contribution in [-0.2, 0) is 0 Å². The van der Waals surface area contributed by atoms with Crippen LogP contribution in [0.15, 0.2) is 10.9 Å². The van der Waals surface area contributed by atoms with Crippen molar-refractivity contribution in [1.29, 1.82) is 0 Å². The first-order chi connectivity index (χ1) is 5.20. The molecule has 2 N–H and O–H groups in total. The Balaban J connectivity index is 2.49. The maximum Gasteiger partial charge on any atom is 0.243 e. The minimum Gasteiger partial charge on any atom is -0.338 e. The van der Waals surface area contributed by atoms with Crippen molar-refractivity contribution in [3.8, 4) is 0 Å². The first-order valence-electron chi connectivity index (χ1n) is 3.72. The fourth-order valence-corrected chi connectivity index (χ4v) is 0.954. The number of hydrogen-bond donors (Lipinski definition) is 1. The second kappa shape index (κ2) is 3.48. The minimum absolute atomic E-state index is 0.113. The second-order valence-corrected chi connectivity index (χ2v) is 3.02. The average molecular weight is 155 g/mol. The standard InChI is InChI=1S/C7H13N3O/c1-5(2)3-6(8)7-9-4-10-11-7/h4-6H,3,8H2,1-2H3/t6-/m0/s1. The summed E-state index contributed by atoms with van der Waals surface area (Å²) in [6, 6.07) is -0.113. The summed E-state index contributed by atoms with van der Waals surface area (Å²) in [4.78, 5) is 3.87. The molecule has 0 saturated carbocycles. The molecular formula is C7H13N3O. The molecule has 0 unspecified atom stereocenters. The van der Waals surface area contributed by atoms with E-state index in [2.05, 4.69) is 24.0 Å². The molecule has 0 spiro atoms. The van der Waals surface area contributed by atoms with E-state index in [0.29, 0.717) is 11.8 Å². The van der Waals surface area contributed by atoms with Gasteiger partial charge in [-0.25, -0.2) is 0 Å². The summed E-state index contributed by atoms with van der Waals surface area (Å²) in [5.74, 6) is 1.08. The molecule has 1 rings (SSSR count). The molecule has 1 aromatic heterocycles. The number of rotatable bonds is 3. The molecule has 0 aliphatic rings. The highest BCUT2D eigenvalue weighted by Gasteiger charge is 2.12. The quantitative estimate of drug-likeness (QED) is 0.710. The normalized spacial score (nSPS) is 13.8. The van der Waals surface area contributed by atoms with Gasteiger partial charge in [-0.05, 0) is 12.3 Å². The zero-order valence-electron chi connectivity index (χ0n) is 6.82. The van der Waals surface area contributed by atoms with Crippen molar-refractivity contribution in [2.24, 2.45) is 11.7 Å². The summed E-state index contributed by atoms with van der Waals surface area (Å²) in [5.41, 5.74) is 5.74. The first-order valence-corrected chi connectivity index (χ1v) is 3.72. The van der Waals surface area contributed by atoms with Crippen molar-refractivity contribution < 1.29 is 4.52 Å². The van der Waals surface area contributed by atoms with Crippen LogP contribution in [0.4, 0.5) is 0 Å². The Morgan fingerprint density at radius 3 is 2.82 bits per heavy atom. The van der Waals surface area contributed by atoms with Crippen molar-refractivity contribution in [2.75, 3.05) is 0 Å². The Labute approximate surface area is 65.8 Å². The largest absolute Gasteiger partial charge is 0.338 e. The van der Waals surface area contributed by atoms with Crippen molar-refractivity contribution in [2.45, 2.75) is 26.3 Å². The van der Waals surface area contributed by atoms with Crippen LogP contribution < -0.4 is 5.73 Å². The molecule has 0 amide bonds. The minimum atomic E-state index is -0.113. The van der Waals surface area contributed by atoms with Crippen molar-refractivity contribution in [3.63, 3.8) is 0 Å². The number of aromatic nitrogens is 2. The molecule has 1 atom stereocenters. The highest BCUT2D eigenvalue weighted by atomic mass is 16.5. The van der Waals surface area contributed by atoms with E-state index in [0.717, 1.165) is 6.42 Å². The molecule has 0 aliphatic carbocycles.